The fraction of sp³-hybridized carbons (Fsp3) is 0.524. The molecule has 6 heteroatoms. The molecule has 144 valence electrons. The van der Waals surface area contributed by atoms with E-state index in [0.29, 0.717) is 11.6 Å². The van der Waals surface area contributed by atoms with E-state index in [1.54, 1.807) is 14.2 Å². The molecule has 1 unspecified atom stereocenters. The Hall–Kier alpha value is -2.50. The van der Waals surface area contributed by atoms with Crippen molar-refractivity contribution in [2.75, 3.05) is 27.3 Å². The van der Waals surface area contributed by atoms with Crippen LogP contribution in [0.2, 0.25) is 0 Å². The Bertz CT molecular complexity index is 824. The number of amides is 1. The number of hydrogen-bond donors (Lipinski definition) is 0. The summed E-state index contributed by atoms with van der Waals surface area (Å²) in [5.74, 6) is 3.08. The van der Waals surface area contributed by atoms with Gasteiger partial charge in [0.2, 0.25) is 0 Å². The number of aryl methyl sites for hydroxylation is 1. The molecule has 0 saturated carbocycles. The third-order valence-corrected chi connectivity index (χ3v) is 5.74. The van der Waals surface area contributed by atoms with Crippen LogP contribution < -0.4 is 9.47 Å². The van der Waals surface area contributed by atoms with Crippen molar-refractivity contribution in [2.24, 2.45) is 0 Å². The molecule has 1 aromatic carbocycles. The van der Waals surface area contributed by atoms with E-state index in [0.717, 1.165) is 62.6 Å². The Kier molecular flexibility index (Phi) is 5.05. The second-order valence-corrected chi connectivity index (χ2v) is 7.39. The number of aromatic nitrogens is 2. The van der Waals surface area contributed by atoms with E-state index >= 15 is 0 Å². The molecule has 2 aliphatic heterocycles. The highest BCUT2D eigenvalue weighted by Gasteiger charge is 2.27. The summed E-state index contributed by atoms with van der Waals surface area (Å²) in [6.45, 7) is 2.53. The van der Waals surface area contributed by atoms with Crippen molar-refractivity contribution in [3.8, 4) is 11.5 Å². The Labute approximate surface area is 160 Å². The number of carbonyl (C=O) groups excluding carboxylic acids is 1. The van der Waals surface area contributed by atoms with Gasteiger partial charge >= 0.3 is 0 Å². The van der Waals surface area contributed by atoms with Gasteiger partial charge in [-0.05, 0) is 37.3 Å². The van der Waals surface area contributed by atoms with E-state index in [-0.39, 0.29) is 5.91 Å². The molecule has 0 bridgehead atoms. The molecule has 1 saturated heterocycles. The van der Waals surface area contributed by atoms with Crippen molar-refractivity contribution in [3.63, 3.8) is 0 Å². The number of piperidine rings is 1. The molecule has 4 rings (SSSR count). The summed E-state index contributed by atoms with van der Waals surface area (Å²) in [7, 11) is 3.35. The Morgan fingerprint density at radius 3 is 2.70 bits per heavy atom. The third-order valence-electron chi connectivity index (χ3n) is 5.74. The van der Waals surface area contributed by atoms with Gasteiger partial charge in [-0.2, -0.15) is 0 Å². The number of carbonyl (C=O) groups is 1. The average molecular weight is 369 g/mol. The van der Waals surface area contributed by atoms with Gasteiger partial charge < -0.3 is 18.9 Å². The predicted molar refractivity (Wildman–Crippen MR) is 103 cm³/mol. The first-order chi connectivity index (χ1) is 13.2. The van der Waals surface area contributed by atoms with Crippen molar-refractivity contribution in [1.82, 2.24) is 14.5 Å². The predicted octanol–water partition coefficient (Wildman–Crippen LogP) is 3.26. The Morgan fingerprint density at radius 2 is 1.96 bits per heavy atom. The summed E-state index contributed by atoms with van der Waals surface area (Å²) < 4.78 is 13.0. The second-order valence-electron chi connectivity index (χ2n) is 7.39. The van der Waals surface area contributed by atoms with Crippen LogP contribution in [0.3, 0.4) is 0 Å². The molecule has 6 nitrogen and oxygen atoms in total. The lowest BCUT2D eigenvalue weighted by atomic mass is 9.91. The number of benzene rings is 1. The van der Waals surface area contributed by atoms with Crippen LogP contribution in [-0.4, -0.2) is 47.7 Å². The van der Waals surface area contributed by atoms with Gasteiger partial charge in [0.25, 0.3) is 5.91 Å². The number of fused-ring (bicyclic) bond motifs is 1. The molecule has 1 amide bonds. The molecule has 0 radical (unpaired) electrons. The summed E-state index contributed by atoms with van der Waals surface area (Å²) in [6.07, 6.45) is 7.21. The average Bonchev–Trinajstić information content (AvgIpc) is 3.16. The lowest BCUT2D eigenvalue weighted by molar-refractivity contribution is 0.0718. The minimum atomic E-state index is 0.0789. The summed E-state index contributed by atoms with van der Waals surface area (Å²) in [6, 6.07) is 6.00. The zero-order valence-corrected chi connectivity index (χ0v) is 16.1. The van der Waals surface area contributed by atoms with Crippen LogP contribution in [0.1, 0.15) is 53.5 Å². The Morgan fingerprint density at radius 1 is 1.15 bits per heavy atom. The van der Waals surface area contributed by atoms with Crippen LogP contribution >= 0.6 is 0 Å². The van der Waals surface area contributed by atoms with Crippen LogP contribution in [0, 0.1) is 0 Å². The Balaban J connectivity index is 1.54. The first kappa shape index (κ1) is 17.9. The summed E-state index contributed by atoms with van der Waals surface area (Å²) in [5.41, 5.74) is 1.77. The number of nitrogens with zero attached hydrogens (tertiary/aromatic N) is 3. The number of likely N-dealkylation sites (tertiary alicyclic amines) is 1. The maximum Gasteiger partial charge on any atom is 0.274 e. The molecule has 0 aliphatic carbocycles. The zero-order chi connectivity index (χ0) is 18.8. The topological polar surface area (TPSA) is 56.6 Å². The number of rotatable bonds is 4. The van der Waals surface area contributed by atoms with Gasteiger partial charge in [0.05, 0.1) is 14.2 Å². The highest BCUT2D eigenvalue weighted by atomic mass is 16.5. The first-order valence-corrected chi connectivity index (χ1v) is 9.77. The van der Waals surface area contributed by atoms with Gasteiger partial charge in [-0.3, -0.25) is 4.79 Å². The van der Waals surface area contributed by atoms with Gasteiger partial charge in [0.15, 0.2) is 0 Å². The standard InChI is InChI=1S/C21H27N3O3/c1-26-16-7-8-17(19(12-16)27-2)15-6-9-20-22-18(14-24(20)13-15)21(25)23-10-4-3-5-11-23/h7-8,12,14-15H,3-6,9-11,13H2,1-2H3. The maximum atomic E-state index is 12.8. The van der Waals surface area contributed by atoms with E-state index in [1.807, 2.05) is 23.2 Å². The third kappa shape index (κ3) is 3.53. The second kappa shape index (κ2) is 7.62. The molecule has 2 aromatic rings. The lowest BCUT2D eigenvalue weighted by Gasteiger charge is -2.26. The van der Waals surface area contributed by atoms with Crippen LogP contribution in [0.25, 0.3) is 0 Å². The fourth-order valence-electron chi connectivity index (χ4n) is 4.22. The first-order valence-electron chi connectivity index (χ1n) is 9.77. The molecule has 0 N–H and O–H groups in total. The highest BCUT2D eigenvalue weighted by molar-refractivity contribution is 5.92. The van der Waals surface area contributed by atoms with E-state index in [1.165, 1.54) is 12.0 Å². The van der Waals surface area contributed by atoms with Crippen LogP contribution in [-0.2, 0) is 13.0 Å². The minimum Gasteiger partial charge on any atom is -0.497 e. The molecular weight excluding hydrogens is 342 g/mol. The van der Waals surface area contributed by atoms with Crippen LogP contribution in [0.15, 0.2) is 24.4 Å². The molecule has 3 heterocycles. The molecule has 0 spiro atoms. The normalized spacial score (nSPS) is 19.5. The van der Waals surface area contributed by atoms with Crippen molar-refractivity contribution in [3.05, 3.63) is 41.5 Å². The fourth-order valence-corrected chi connectivity index (χ4v) is 4.22. The largest absolute Gasteiger partial charge is 0.497 e. The number of methoxy groups -OCH3 is 2. The summed E-state index contributed by atoms with van der Waals surface area (Å²) >= 11 is 0. The molecular formula is C21H27N3O3. The van der Waals surface area contributed by atoms with Gasteiger partial charge in [-0.25, -0.2) is 4.98 Å². The van der Waals surface area contributed by atoms with Crippen molar-refractivity contribution in [2.45, 2.75) is 44.6 Å². The highest BCUT2D eigenvalue weighted by Crippen LogP contribution is 2.36. The number of ether oxygens (including phenoxy) is 2. The van der Waals surface area contributed by atoms with E-state index in [9.17, 15) is 4.79 Å². The van der Waals surface area contributed by atoms with E-state index in [2.05, 4.69) is 15.6 Å². The quantitative estimate of drug-likeness (QED) is 0.830. The van der Waals surface area contributed by atoms with Crippen molar-refractivity contribution >= 4 is 5.91 Å². The molecule has 27 heavy (non-hydrogen) atoms. The SMILES string of the molecule is COc1ccc(C2CCc3nc(C(=O)N4CCCCC4)cn3C2)c(OC)c1. The van der Waals surface area contributed by atoms with Crippen molar-refractivity contribution in [1.29, 1.82) is 0 Å². The monoisotopic (exact) mass is 369 g/mol. The molecule has 1 atom stereocenters. The summed E-state index contributed by atoms with van der Waals surface area (Å²) in [4.78, 5) is 19.3. The number of imidazole rings is 1. The maximum absolute atomic E-state index is 12.8. The molecule has 2 aliphatic rings. The molecule has 1 aromatic heterocycles. The smallest absolute Gasteiger partial charge is 0.274 e. The van der Waals surface area contributed by atoms with Gasteiger partial charge in [0, 0.05) is 44.2 Å². The molecule has 1 fully saturated rings. The van der Waals surface area contributed by atoms with Gasteiger partial charge in [-0.1, -0.05) is 6.07 Å². The van der Waals surface area contributed by atoms with Crippen molar-refractivity contribution < 1.29 is 14.3 Å². The lowest BCUT2D eigenvalue weighted by Crippen LogP contribution is -2.35. The minimum absolute atomic E-state index is 0.0789. The van der Waals surface area contributed by atoms with Gasteiger partial charge in [-0.15, -0.1) is 0 Å². The van der Waals surface area contributed by atoms with Gasteiger partial charge in [0.1, 0.15) is 23.0 Å². The zero-order valence-electron chi connectivity index (χ0n) is 16.1. The van der Waals surface area contributed by atoms with Crippen LogP contribution in [0.4, 0.5) is 0 Å². The van der Waals surface area contributed by atoms with E-state index in [4.69, 9.17) is 9.47 Å². The number of hydrogen-bond acceptors (Lipinski definition) is 4. The van der Waals surface area contributed by atoms with Crippen LogP contribution in [0.5, 0.6) is 11.5 Å². The summed E-state index contributed by atoms with van der Waals surface area (Å²) in [5, 5.41) is 0. The van der Waals surface area contributed by atoms with E-state index < -0.39 is 0 Å².